The van der Waals surface area contributed by atoms with Gasteiger partial charge in [-0.1, -0.05) is 12.1 Å². The molecule has 2 aromatic heterocycles. The molecule has 0 radical (unpaired) electrons. The monoisotopic (exact) mass is 315 g/mol. The molecule has 0 aliphatic carbocycles. The molecular weight excluding hydrogens is 298 g/mol. The molecule has 3 N–H and O–H groups in total. The molecule has 0 saturated heterocycles. The Labute approximate surface area is 132 Å². The molecule has 0 saturated carbocycles. The van der Waals surface area contributed by atoms with Crippen LogP contribution >= 0.6 is 11.3 Å². The summed E-state index contributed by atoms with van der Waals surface area (Å²) >= 11 is 1.58. The fraction of sp³-hybridized carbons (Fsp3) is 0.250. The molecule has 3 rings (SSSR count). The molecule has 1 aromatic carbocycles. The van der Waals surface area contributed by atoms with Crippen molar-refractivity contribution in [3.05, 3.63) is 42.2 Å². The molecule has 3 aromatic rings. The van der Waals surface area contributed by atoms with E-state index in [-0.39, 0.29) is 5.91 Å². The third-order valence-electron chi connectivity index (χ3n) is 3.17. The number of carbonyl (C=O) groups is 1. The van der Waals surface area contributed by atoms with Gasteiger partial charge in [0.25, 0.3) is 0 Å². The number of thiazole rings is 1. The van der Waals surface area contributed by atoms with Crippen LogP contribution in [0.4, 0.5) is 0 Å². The second kappa shape index (κ2) is 5.55. The lowest BCUT2D eigenvalue weighted by Crippen LogP contribution is -2.48. The first-order valence-corrected chi connectivity index (χ1v) is 7.77. The van der Waals surface area contributed by atoms with Gasteiger partial charge < -0.3 is 15.5 Å². The number of para-hydroxylation sites is 1. The summed E-state index contributed by atoms with van der Waals surface area (Å²) in [6.07, 6.45) is 0. The summed E-state index contributed by atoms with van der Waals surface area (Å²) in [4.78, 5) is 16.3. The highest BCUT2D eigenvalue weighted by Crippen LogP contribution is 2.31. The predicted molar refractivity (Wildman–Crippen MR) is 87.4 cm³/mol. The smallest absolute Gasteiger partial charge is 0.239 e. The van der Waals surface area contributed by atoms with E-state index >= 15 is 0 Å². The molecular formula is C16H17N3O2S. The minimum Gasteiger partial charge on any atom is -0.457 e. The van der Waals surface area contributed by atoms with Gasteiger partial charge in [0.15, 0.2) is 10.8 Å². The molecule has 0 aliphatic rings. The van der Waals surface area contributed by atoms with Crippen molar-refractivity contribution in [1.82, 2.24) is 10.3 Å². The molecule has 0 aliphatic heterocycles. The van der Waals surface area contributed by atoms with Crippen molar-refractivity contribution in [2.45, 2.75) is 25.9 Å². The number of aromatic nitrogens is 1. The molecule has 0 atom stereocenters. The second-order valence-electron chi connectivity index (χ2n) is 5.66. The van der Waals surface area contributed by atoms with Crippen molar-refractivity contribution in [3.8, 4) is 10.8 Å². The zero-order chi connectivity index (χ0) is 15.7. The predicted octanol–water partition coefficient (Wildman–Crippen LogP) is 2.91. The van der Waals surface area contributed by atoms with Crippen LogP contribution in [0, 0.1) is 0 Å². The minimum atomic E-state index is -0.900. The number of hydrogen-bond acceptors (Lipinski definition) is 5. The molecule has 2 heterocycles. The van der Waals surface area contributed by atoms with Crippen LogP contribution in [0.1, 0.15) is 19.6 Å². The van der Waals surface area contributed by atoms with Gasteiger partial charge in [0.2, 0.25) is 5.91 Å². The van der Waals surface area contributed by atoms with Gasteiger partial charge in [-0.3, -0.25) is 4.79 Å². The summed E-state index contributed by atoms with van der Waals surface area (Å²) in [6.45, 7) is 3.64. The molecule has 0 spiro atoms. The Morgan fingerprint density at radius 1 is 1.32 bits per heavy atom. The van der Waals surface area contributed by atoms with Gasteiger partial charge in [-0.2, -0.15) is 0 Å². The Bertz CT molecular complexity index is 781. The first-order valence-electron chi connectivity index (χ1n) is 6.95. The third-order valence-corrected chi connectivity index (χ3v) is 4.23. The molecule has 1 amide bonds. The zero-order valence-electron chi connectivity index (χ0n) is 12.4. The van der Waals surface area contributed by atoms with Crippen molar-refractivity contribution < 1.29 is 9.21 Å². The third kappa shape index (κ3) is 3.03. The van der Waals surface area contributed by atoms with Gasteiger partial charge in [0.05, 0.1) is 22.3 Å². The molecule has 0 bridgehead atoms. The summed E-state index contributed by atoms with van der Waals surface area (Å²) < 4.78 is 6.87. The van der Waals surface area contributed by atoms with E-state index in [1.165, 1.54) is 0 Å². The highest BCUT2D eigenvalue weighted by Gasteiger charge is 2.21. The van der Waals surface area contributed by atoms with Gasteiger partial charge in [-0.15, -0.1) is 11.3 Å². The highest BCUT2D eigenvalue weighted by molar-refractivity contribution is 7.21. The van der Waals surface area contributed by atoms with E-state index in [1.54, 1.807) is 25.2 Å². The van der Waals surface area contributed by atoms with Crippen molar-refractivity contribution >= 4 is 27.5 Å². The van der Waals surface area contributed by atoms with E-state index in [0.29, 0.717) is 18.1 Å². The largest absolute Gasteiger partial charge is 0.457 e. The quantitative estimate of drug-likeness (QED) is 0.775. The van der Waals surface area contributed by atoms with E-state index in [0.717, 1.165) is 15.2 Å². The summed E-state index contributed by atoms with van der Waals surface area (Å²) in [5.41, 5.74) is 5.79. The second-order valence-corrected chi connectivity index (χ2v) is 6.69. The molecule has 22 heavy (non-hydrogen) atoms. The zero-order valence-corrected chi connectivity index (χ0v) is 13.2. The Morgan fingerprint density at radius 3 is 2.82 bits per heavy atom. The number of hydrogen-bond donors (Lipinski definition) is 2. The van der Waals surface area contributed by atoms with Gasteiger partial charge >= 0.3 is 0 Å². The topological polar surface area (TPSA) is 81.2 Å². The average Bonchev–Trinajstić information content (AvgIpc) is 3.09. The van der Waals surface area contributed by atoms with Crippen LogP contribution in [0.3, 0.4) is 0 Å². The number of carbonyl (C=O) groups excluding carboxylic acids is 1. The van der Waals surface area contributed by atoms with E-state index in [4.69, 9.17) is 10.2 Å². The Hall–Kier alpha value is -2.18. The molecule has 5 nitrogen and oxygen atoms in total. The van der Waals surface area contributed by atoms with E-state index in [9.17, 15) is 4.79 Å². The van der Waals surface area contributed by atoms with Crippen LogP contribution in [0.5, 0.6) is 0 Å². The SMILES string of the molecule is CC(C)(N)C(=O)NCc1ccc(-c2nc3ccccc3s2)o1. The average molecular weight is 315 g/mol. The normalized spacial score (nSPS) is 11.8. The standard InChI is InChI=1S/C16H17N3O2S/c1-16(2,17)15(20)18-9-10-7-8-12(21-10)14-19-11-5-3-4-6-13(11)22-14/h3-8H,9,17H2,1-2H3,(H,18,20). The van der Waals surface area contributed by atoms with Gasteiger partial charge in [-0.25, -0.2) is 4.98 Å². The van der Waals surface area contributed by atoms with Crippen LogP contribution < -0.4 is 11.1 Å². The number of rotatable bonds is 4. The Kier molecular flexibility index (Phi) is 3.72. The van der Waals surface area contributed by atoms with Crippen LogP contribution in [0.25, 0.3) is 21.0 Å². The minimum absolute atomic E-state index is 0.217. The molecule has 114 valence electrons. The van der Waals surface area contributed by atoms with Gasteiger partial charge in [0, 0.05) is 0 Å². The number of benzene rings is 1. The number of nitrogens with one attached hydrogen (secondary N) is 1. The van der Waals surface area contributed by atoms with Crippen molar-refractivity contribution in [1.29, 1.82) is 0 Å². The fourth-order valence-electron chi connectivity index (χ4n) is 1.96. The lowest BCUT2D eigenvalue weighted by molar-refractivity contribution is -0.125. The fourth-order valence-corrected chi connectivity index (χ4v) is 2.89. The van der Waals surface area contributed by atoms with Crippen LogP contribution in [-0.2, 0) is 11.3 Å². The highest BCUT2D eigenvalue weighted by atomic mass is 32.1. The number of furan rings is 1. The van der Waals surface area contributed by atoms with Crippen molar-refractivity contribution in [2.75, 3.05) is 0 Å². The van der Waals surface area contributed by atoms with Gasteiger partial charge in [0.1, 0.15) is 5.76 Å². The Morgan fingerprint density at radius 2 is 2.09 bits per heavy atom. The summed E-state index contributed by atoms with van der Waals surface area (Å²) in [6, 6.07) is 11.7. The maximum absolute atomic E-state index is 11.7. The van der Waals surface area contributed by atoms with Crippen molar-refractivity contribution in [3.63, 3.8) is 0 Å². The molecule has 0 unspecified atom stereocenters. The lowest BCUT2D eigenvalue weighted by Gasteiger charge is -2.16. The first kappa shape index (κ1) is 14.7. The van der Waals surface area contributed by atoms with Crippen LogP contribution in [-0.4, -0.2) is 16.4 Å². The van der Waals surface area contributed by atoms with Crippen LogP contribution in [0.15, 0.2) is 40.8 Å². The summed E-state index contributed by atoms with van der Waals surface area (Å²) in [5, 5.41) is 3.59. The van der Waals surface area contributed by atoms with Crippen molar-refractivity contribution in [2.24, 2.45) is 5.73 Å². The molecule has 6 heteroatoms. The van der Waals surface area contributed by atoms with E-state index < -0.39 is 5.54 Å². The van der Waals surface area contributed by atoms with E-state index in [2.05, 4.69) is 10.3 Å². The molecule has 0 fully saturated rings. The van der Waals surface area contributed by atoms with Gasteiger partial charge in [-0.05, 0) is 38.1 Å². The lowest BCUT2D eigenvalue weighted by atomic mass is 10.1. The summed E-state index contributed by atoms with van der Waals surface area (Å²) in [5.74, 6) is 1.16. The number of nitrogens with two attached hydrogens (primary N) is 1. The maximum Gasteiger partial charge on any atom is 0.239 e. The first-order chi connectivity index (χ1) is 10.4. The number of nitrogens with zero attached hydrogens (tertiary/aromatic N) is 1. The number of amides is 1. The Balaban J connectivity index is 1.75. The van der Waals surface area contributed by atoms with Crippen LogP contribution in [0.2, 0.25) is 0 Å². The number of fused-ring (bicyclic) bond motifs is 1. The summed E-state index contributed by atoms with van der Waals surface area (Å²) in [7, 11) is 0. The van der Waals surface area contributed by atoms with E-state index in [1.807, 2.05) is 36.4 Å². The maximum atomic E-state index is 11.7.